The van der Waals surface area contributed by atoms with Gasteiger partial charge >= 0.3 is 6.09 Å². The second kappa shape index (κ2) is 18.8. The van der Waals surface area contributed by atoms with Crippen molar-refractivity contribution in [3.63, 3.8) is 0 Å². The van der Waals surface area contributed by atoms with Gasteiger partial charge in [-0.15, -0.1) is 0 Å². The van der Waals surface area contributed by atoms with Gasteiger partial charge < -0.3 is 44.6 Å². The number of amides is 4. The first-order valence-electron chi connectivity index (χ1n) is 20.8. The van der Waals surface area contributed by atoms with E-state index < -0.39 is 58.2 Å². The van der Waals surface area contributed by atoms with Crippen LogP contribution in [0.2, 0.25) is 5.02 Å². The van der Waals surface area contributed by atoms with E-state index in [1.54, 1.807) is 63.2 Å². The Morgan fingerprint density at radius 1 is 1.00 bits per heavy atom. The summed E-state index contributed by atoms with van der Waals surface area (Å²) in [6.45, 7) is 15.1. The lowest BCUT2D eigenvalue weighted by Crippen LogP contribution is -2.74. The molecule has 1 saturated heterocycles. The SMILES string of the molecule is Cc1ncoc1-c1ccc(CNC(=O)C2CC(O)CN2C(=O)C(NC(=O)COCc2ccc(OC(=O)NC3C(C)(C)C(Oc4ccc(C#N)c(Cl)c4)C3(C)C)cc2)C(C)(C)C)cc1. The molecule has 334 valence electrons. The minimum absolute atomic E-state index is 0.0501. The molecule has 3 atom stereocenters. The molecule has 6 rings (SSSR count). The number of aryl methyl sites for hydroxylation is 1. The Morgan fingerprint density at radius 3 is 2.25 bits per heavy atom. The van der Waals surface area contributed by atoms with Gasteiger partial charge in [0.1, 0.15) is 42.4 Å². The highest BCUT2D eigenvalue weighted by Gasteiger charge is 2.64. The number of aromatic nitrogens is 1. The van der Waals surface area contributed by atoms with Crippen LogP contribution >= 0.6 is 11.6 Å². The van der Waals surface area contributed by atoms with E-state index in [1.165, 1.54) is 11.3 Å². The molecule has 1 aliphatic carbocycles. The highest BCUT2D eigenvalue weighted by atomic mass is 35.5. The fourth-order valence-corrected chi connectivity index (χ4v) is 8.96. The largest absolute Gasteiger partial charge is 0.489 e. The standard InChI is InChI=1S/C47H55ClN6O9/c1-27-38(61-26-51-27)30-13-9-28(10-14-30)22-50-40(57)36-19-32(55)23-54(36)41(58)39(45(2,3)4)52-37(56)25-60-24-29-11-16-33(17-12-29)63-44(59)53-42-46(5,6)43(47(42,7)8)62-34-18-15-31(21-49)35(48)20-34/h9-18,20,26,32,36,39,42-43,55H,19,22-25H2,1-8H3,(H,50,57)(H,52,56)(H,53,59). The third kappa shape index (κ3) is 10.6. The van der Waals surface area contributed by atoms with Gasteiger partial charge in [-0.1, -0.05) is 96.5 Å². The molecule has 3 unspecified atom stereocenters. The Hall–Kier alpha value is -5.95. The van der Waals surface area contributed by atoms with E-state index in [0.29, 0.717) is 33.4 Å². The van der Waals surface area contributed by atoms with Crippen molar-refractivity contribution in [2.75, 3.05) is 13.2 Å². The predicted molar refractivity (Wildman–Crippen MR) is 233 cm³/mol. The lowest BCUT2D eigenvalue weighted by molar-refractivity contribution is -0.164. The van der Waals surface area contributed by atoms with Crippen LogP contribution in [0.5, 0.6) is 11.5 Å². The van der Waals surface area contributed by atoms with Crippen molar-refractivity contribution in [2.24, 2.45) is 16.2 Å². The van der Waals surface area contributed by atoms with Crippen LogP contribution in [0.1, 0.15) is 77.3 Å². The summed E-state index contributed by atoms with van der Waals surface area (Å²) in [5.74, 6) is 0.0906. The van der Waals surface area contributed by atoms with E-state index in [0.717, 1.165) is 16.8 Å². The first-order valence-corrected chi connectivity index (χ1v) is 21.1. The number of nitrogens with one attached hydrogen (secondary N) is 3. The minimum atomic E-state index is -1.01. The quantitative estimate of drug-likeness (QED) is 0.108. The van der Waals surface area contributed by atoms with E-state index in [-0.39, 0.29) is 44.9 Å². The Morgan fingerprint density at radius 2 is 1.65 bits per heavy atom. The van der Waals surface area contributed by atoms with Crippen LogP contribution < -0.4 is 25.4 Å². The third-order valence-corrected chi connectivity index (χ3v) is 12.1. The van der Waals surface area contributed by atoms with Crippen molar-refractivity contribution in [3.05, 3.63) is 101 Å². The molecule has 0 bridgehead atoms. The molecule has 0 radical (unpaired) electrons. The summed E-state index contributed by atoms with van der Waals surface area (Å²) >= 11 is 6.21. The van der Waals surface area contributed by atoms with Gasteiger partial charge in [0.2, 0.25) is 17.7 Å². The van der Waals surface area contributed by atoms with Crippen LogP contribution in [-0.4, -0.2) is 82.3 Å². The number of hydrogen-bond acceptors (Lipinski definition) is 11. The summed E-state index contributed by atoms with van der Waals surface area (Å²) in [5.41, 5.74) is 1.84. The zero-order valence-corrected chi connectivity index (χ0v) is 37.5. The number of aliphatic hydroxyl groups excluding tert-OH is 1. The molecule has 3 aromatic carbocycles. The molecule has 63 heavy (non-hydrogen) atoms. The summed E-state index contributed by atoms with van der Waals surface area (Å²) in [6.07, 6.45) is -0.351. The maximum absolute atomic E-state index is 14.0. The van der Waals surface area contributed by atoms with Crippen LogP contribution in [0, 0.1) is 34.5 Å². The van der Waals surface area contributed by atoms with Crippen LogP contribution in [-0.2, 0) is 32.3 Å². The lowest BCUT2D eigenvalue weighted by atomic mass is 9.49. The van der Waals surface area contributed by atoms with Crippen molar-refractivity contribution in [3.8, 4) is 28.9 Å². The summed E-state index contributed by atoms with van der Waals surface area (Å²) < 4.78 is 23.0. The van der Waals surface area contributed by atoms with Crippen LogP contribution in [0.3, 0.4) is 0 Å². The van der Waals surface area contributed by atoms with E-state index in [1.807, 2.05) is 65.0 Å². The van der Waals surface area contributed by atoms with Crippen molar-refractivity contribution in [1.29, 1.82) is 5.26 Å². The molecule has 4 amide bonds. The summed E-state index contributed by atoms with van der Waals surface area (Å²) in [5, 5.41) is 28.7. The number of halogens is 1. The van der Waals surface area contributed by atoms with E-state index in [4.69, 9.17) is 30.2 Å². The average Bonchev–Trinajstić information content (AvgIpc) is 3.85. The molecular weight excluding hydrogens is 828 g/mol. The molecule has 0 spiro atoms. The second-order valence-corrected chi connectivity index (χ2v) is 18.8. The number of aliphatic hydroxyl groups is 1. The van der Waals surface area contributed by atoms with Crippen LogP contribution in [0.4, 0.5) is 4.79 Å². The third-order valence-electron chi connectivity index (χ3n) is 11.8. The van der Waals surface area contributed by atoms with E-state index in [9.17, 15) is 29.5 Å². The van der Waals surface area contributed by atoms with Crippen molar-refractivity contribution in [1.82, 2.24) is 25.8 Å². The minimum Gasteiger partial charge on any atom is -0.489 e. The van der Waals surface area contributed by atoms with Gasteiger partial charge in [0.25, 0.3) is 0 Å². The zero-order valence-electron chi connectivity index (χ0n) is 36.8. The molecule has 4 N–H and O–H groups in total. The van der Waals surface area contributed by atoms with Crippen LogP contribution in [0.25, 0.3) is 11.3 Å². The number of benzene rings is 3. The topological polar surface area (TPSA) is 205 Å². The molecular formula is C47H55ClN6O9. The highest BCUT2D eigenvalue weighted by molar-refractivity contribution is 6.31. The van der Waals surface area contributed by atoms with Gasteiger partial charge in [0.05, 0.1) is 29.0 Å². The molecule has 15 nitrogen and oxygen atoms in total. The Kier molecular flexibility index (Phi) is 13.9. The second-order valence-electron chi connectivity index (χ2n) is 18.4. The highest BCUT2D eigenvalue weighted by Crippen LogP contribution is 2.55. The molecule has 4 aromatic rings. The number of oxazole rings is 1. The maximum atomic E-state index is 14.0. The number of nitrogens with zero attached hydrogens (tertiary/aromatic N) is 3. The van der Waals surface area contributed by atoms with E-state index in [2.05, 4.69) is 20.9 Å². The smallest absolute Gasteiger partial charge is 0.412 e. The molecule has 2 aliphatic rings. The molecule has 2 heterocycles. The van der Waals surface area contributed by atoms with Gasteiger partial charge in [-0.3, -0.25) is 14.4 Å². The fraction of sp³-hybridized carbons (Fsp3) is 0.447. The first-order chi connectivity index (χ1) is 29.7. The number of carbonyl (C=O) groups excluding carboxylic acids is 4. The van der Waals surface area contributed by atoms with Crippen molar-refractivity contribution < 1.29 is 42.9 Å². The van der Waals surface area contributed by atoms with Crippen LogP contribution in [0.15, 0.2) is 77.5 Å². The number of β-amino-alcohol motifs (C(OH)–C–C–N with tert-alkyl or cyclic N) is 1. The molecule has 16 heteroatoms. The summed E-state index contributed by atoms with van der Waals surface area (Å²) in [4.78, 5) is 59.1. The molecule has 1 aliphatic heterocycles. The Labute approximate surface area is 372 Å². The average molecular weight is 883 g/mol. The van der Waals surface area contributed by atoms with Gasteiger partial charge in [0.15, 0.2) is 12.2 Å². The van der Waals surface area contributed by atoms with Crippen molar-refractivity contribution >= 4 is 35.4 Å². The molecule has 2 fully saturated rings. The number of nitriles is 1. The van der Waals surface area contributed by atoms with Gasteiger partial charge in [0, 0.05) is 48.0 Å². The Balaban J connectivity index is 0.961. The van der Waals surface area contributed by atoms with Gasteiger partial charge in [-0.2, -0.15) is 5.26 Å². The Bertz CT molecular complexity index is 2330. The van der Waals surface area contributed by atoms with Gasteiger partial charge in [-0.05, 0) is 47.7 Å². The summed E-state index contributed by atoms with van der Waals surface area (Å²) in [6, 6.07) is 18.9. The zero-order chi connectivity index (χ0) is 45.9. The summed E-state index contributed by atoms with van der Waals surface area (Å²) in [7, 11) is 0. The number of ether oxygens (including phenoxy) is 3. The van der Waals surface area contributed by atoms with Gasteiger partial charge in [-0.25, -0.2) is 9.78 Å². The number of hydrogen-bond donors (Lipinski definition) is 4. The molecule has 1 aromatic heterocycles. The van der Waals surface area contributed by atoms with Crippen molar-refractivity contribution in [2.45, 2.75) is 105 Å². The first kappa shape index (κ1) is 46.6. The predicted octanol–water partition coefficient (Wildman–Crippen LogP) is 6.47. The number of carbonyl (C=O) groups is 4. The number of likely N-dealkylation sites (tertiary alicyclic amines) is 1. The van der Waals surface area contributed by atoms with E-state index >= 15 is 0 Å². The number of rotatable bonds is 14. The normalized spacial score (nSPS) is 20.4. The monoisotopic (exact) mass is 882 g/mol. The molecule has 1 saturated carbocycles. The maximum Gasteiger partial charge on any atom is 0.412 e. The fourth-order valence-electron chi connectivity index (χ4n) is 8.75. The lowest BCUT2D eigenvalue weighted by Gasteiger charge is -2.62.